The summed E-state index contributed by atoms with van der Waals surface area (Å²) in [7, 11) is 5.29. The Morgan fingerprint density at radius 1 is 1.15 bits per heavy atom. The summed E-state index contributed by atoms with van der Waals surface area (Å²) in [6.07, 6.45) is -2.36. The number of hydrogen-bond acceptors (Lipinski definition) is 3. The lowest BCUT2D eigenvalue weighted by atomic mass is 10.0. The topological polar surface area (TPSA) is 34.5 Å². The molecule has 26 heavy (non-hydrogen) atoms. The second kappa shape index (κ2) is 8.40. The summed E-state index contributed by atoms with van der Waals surface area (Å²) in [5.41, 5.74) is -0.545. The number of pyridine rings is 1. The average molecular weight is 368 g/mol. The van der Waals surface area contributed by atoms with Gasteiger partial charge in [0, 0.05) is 12.3 Å². The fourth-order valence-corrected chi connectivity index (χ4v) is 2.72. The minimum absolute atomic E-state index is 0.146. The van der Waals surface area contributed by atoms with Crippen molar-refractivity contribution in [2.45, 2.75) is 25.6 Å². The first-order valence-corrected chi connectivity index (χ1v) is 8.29. The van der Waals surface area contributed by atoms with Gasteiger partial charge in [0.1, 0.15) is 5.75 Å². The highest BCUT2D eigenvalue weighted by Crippen LogP contribution is 2.31. The number of aryl methyl sites for hydroxylation is 1. The molecular weight excluding hydrogens is 345 g/mol. The third kappa shape index (κ3) is 5.36. The highest BCUT2D eigenvalue weighted by atomic mass is 19.4. The van der Waals surface area contributed by atoms with Crippen molar-refractivity contribution in [3.8, 4) is 5.75 Å². The van der Waals surface area contributed by atoms with Gasteiger partial charge in [-0.2, -0.15) is 13.2 Å². The van der Waals surface area contributed by atoms with E-state index >= 15 is 0 Å². The molecule has 1 aromatic carbocycles. The summed E-state index contributed by atoms with van der Waals surface area (Å²) >= 11 is 0. The van der Waals surface area contributed by atoms with Crippen molar-refractivity contribution in [1.29, 1.82) is 0 Å². The summed E-state index contributed by atoms with van der Waals surface area (Å²) in [5, 5.41) is 0. The number of methoxy groups -OCH3 is 1. The van der Waals surface area contributed by atoms with E-state index in [1.165, 1.54) is 10.8 Å². The molecule has 0 radical (unpaired) electrons. The molecule has 0 aliphatic heterocycles. The lowest BCUT2D eigenvalue weighted by Gasteiger charge is -2.16. The van der Waals surface area contributed by atoms with Gasteiger partial charge in [-0.3, -0.25) is 4.79 Å². The lowest BCUT2D eigenvalue weighted by Crippen LogP contribution is -2.25. The van der Waals surface area contributed by atoms with E-state index in [4.69, 9.17) is 4.74 Å². The number of alkyl halides is 3. The summed E-state index contributed by atoms with van der Waals surface area (Å²) in [5.74, 6) is 0.679. The van der Waals surface area contributed by atoms with Crippen molar-refractivity contribution in [2.24, 2.45) is 0 Å². The van der Waals surface area contributed by atoms with Gasteiger partial charge in [0.05, 0.1) is 19.2 Å². The zero-order valence-corrected chi connectivity index (χ0v) is 15.1. The van der Waals surface area contributed by atoms with Gasteiger partial charge in [0.2, 0.25) is 0 Å². The van der Waals surface area contributed by atoms with Crippen molar-refractivity contribution >= 4 is 0 Å². The molecule has 2 aromatic rings. The van der Waals surface area contributed by atoms with Crippen molar-refractivity contribution in [3.05, 3.63) is 63.6 Å². The molecule has 0 saturated carbocycles. The minimum atomic E-state index is -4.54. The maximum atomic E-state index is 13.3. The van der Waals surface area contributed by atoms with Crippen LogP contribution in [-0.4, -0.2) is 37.2 Å². The Hall–Kier alpha value is -2.28. The maximum absolute atomic E-state index is 13.3. The second-order valence-electron chi connectivity index (χ2n) is 6.43. The van der Waals surface area contributed by atoms with Crippen molar-refractivity contribution in [1.82, 2.24) is 9.47 Å². The molecule has 1 aromatic heterocycles. The predicted octanol–water partition coefficient (Wildman–Crippen LogP) is 3.42. The molecule has 0 unspecified atom stereocenters. The zero-order valence-electron chi connectivity index (χ0n) is 15.1. The molecular formula is C19H23F3N2O2. The van der Waals surface area contributed by atoms with Crippen LogP contribution in [-0.2, 0) is 19.1 Å². The molecule has 0 bridgehead atoms. The number of halogens is 3. The average Bonchev–Trinajstić information content (AvgIpc) is 2.56. The quantitative estimate of drug-likeness (QED) is 0.751. The maximum Gasteiger partial charge on any atom is 0.416 e. The summed E-state index contributed by atoms with van der Waals surface area (Å²) in [6.45, 7) is 0.885. The van der Waals surface area contributed by atoms with Gasteiger partial charge in [-0.1, -0.05) is 12.1 Å². The first kappa shape index (κ1) is 20.0. The normalized spacial score (nSPS) is 11.8. The molecule has 0 N–H and O–H groups in total. The van der Waals surface area contributed by atoms with E-state index in [-0.39, 0.29) is 18.5 Å². The van der Waals surface area contributed by atoms with Crippen LogP contribution in [0.15, 0.2) is 41.3 Å². The number of hydrogen-bond donors (Lipinski definition) is 0. The molecule has 1 heterocycles. The monoisotopic (exact) mass is 368 g/mol. The van der Waals surface area contributed by atoms with Crippen LogP contribution in [0.5, 0.6) is 5.75 Å². The molecule has 0 aliphatic carbocycles. The second-order valence-corrected chi connectivity index (χ2v) is 6.43. The van der Waals surface area contributed by atoms with Crippen LogP contribution in [0.3, 0.4) is 0 Å². The Balaban J connectivity index is 2.32. The van der Waals surface area contributed by atoms with E-state index in [0.717, 1.165) is 5.56 Å². The summed E-state index contributed by atoms with van der Waals surface area (Å²) in [6, 6.07) is 7.78. The molecule has 0 fully saturated rings. The summed E-state index contributed by atoms with van der Waals surface area (Å²) < 4.78 is 46.3. The van der Waals surface area contributed by atoms with Crippen LogP contribution in [0.2, 0.25) is 0 Å². The van der Waals surface area contributed by atoms with Crippen LogP contribution >= 0.6 is 0 Å². The highest BCUT2D eigenvalue weighted by molar-refractivity contribution is 5.30. The molecule has 2 rings (SSSR count). The Morgan fingerprint density at radius 2 is 1.81 bits per heavy atom. The van der Waals surface area contributed by atoms with Gasteiger partial charge >= 0.3 is 6.18 Å². The fraction of sp³-hybridized carbons (Fsp3) is 0.421. The molecule has 142 valence electrons. The SMILES string of the molecule is COc1ccc(Cn2cc(CCCN(C)C)c(C(F)(F)F)cc2=O)cc1. The van der Waals surface area contributed by atoms with Gasteiger partial charge < -0.3 is 14.2 Å². The fourth-order valence-electron chi connectivity index (χ4n) is 2.72. The van der Waals surface area contributed by atoms with Gasteiger partial charge in [0.25, 0.3) is 5.56 Å². The van der Waals surface area contributed by atoms with Crippen molar-refractivity contribution in [3.63, 3.8) is 0 Å². The number of benzene rings is 1. The molecule has 0 aliphatic rings. The number of rotatable bonds is 7. The van der Waals surface area contributed by atoms with Gasteiger partial charge in [-0.15, -0.1) is 0 Å². The molecule has 7 heteroatoms. The van der Waals surface area contributed by atoms with Gasteiger partial charge in [0.15, 0.2) is 0 Å². The number of nitrogens with zero attached hydrogens (tertiary/aromatic N) is 2. The van der Waals surface area contributed by atoms with Crippen LogP contribution < -0.4 is 10.3 Å². The number of aromatic nitrogens is 1. The Kier molecular flexibility index (Phi) is 6.47. The minimum Gasteiger partial charge on any atom is -0.497 e. The van der Waals surface area contributed by atoms with E-state index in [2.05, 4.69) is 0 Å². The van der Waals surface area contributed by atoms with E-state index in [1.54, 1.807) is 31.4 Å². The van der Waals surface area contributed by atoms with Crippen LogP contribution in [0.1, 0.15) is 23.1 Å². The smallest absolute Gasteiger partial charge is 0.416 e. The molecule has 4 nitrogen and oxygen atoms in total. The standard InChI is InChI=1S/C19H23F3N2O2/c1-23(2)10-4-5-15-13-24(18(25)11-17(15)19(20,21)22)12-14-6-8-16(26-3)9-7-14/h6-9,11,13H,4-5,10,12H2,1-3H3. The van der Waals surface area contributed by atoms with E-state index in [9.17, 15) is 18.0 Å². The zero-order chi connectivity index (χ0) is 19.3. The van der Waals surface area contributed by atoms with Crippen molar-refractivity contribution < 1.29 is 17.9 Å². The third-order valence-electron chi connectivity index (χ3n) is 4.08. The predicted molar refractivity (Wildman–Crippen MR) is 94.7 cm³/mol. The largest absolute Gasteiger partial charge is 0.497 e. The van der Waals surface area contributed by atoms with Gasteiger partial charge in [-0.05, 0) is 56.7 Å². The van der Waals surface area contributed by atoms with Crippen LogP contribution in [0.4, 0.5) is 13.2 Å². The van der Waals surface area contributed by atoms with Crippen LogP contribution in [0, 0.1) is 0 Å². The van der Waals surface area contributed by atoms with Crippen LogP contribution in [0.25, 0.3) is 0 Å². The van der Waals surface area contributed by atoms with E-state index in [1.807, 2.05) is 19.0 Å². The highest BCUT2D eigenvalue weighted by Gasteiger charge is 2.34. The van der Waals surface area contributed by atoms with Crippen molar-refractivity contribution in [2.75, 3.05) is 27.7 Å². The Morgan fingerprint density at radius 3 is 2.35 bits per heavy atom. The lowest BCUT2D eigenvalue weighted by molar-refractivity contribution is -0.138. The first-order valence-electron chi connectivity index (χ1n) is 8.29. The molecule has 0 spiro atoms. The summed E-state index contributed by atoms with van der Waals surface area (Å²) in [4.78, 5) is 14.1. The van der Waals surface area contributed by atoms with E-state index < -0.39 is 17.3 Å². The third-order valence-corrected chi connectivity index (χ3v) is 4.08. The first-order chi connectivity index (χ1) is 12.2. The Labute approximate surface area is 150 Å². The molecule has 0 amide bonds. The Bertz CT molecular complexity index is 781. The number of ether oxygens (including phenoxy) is 1. The molecule has 0 atom stereocenters. The molecule has 0 saturated heterocycles. The van der Waals surface area contributed by atoms with E-state index in [0.29, 0.717) is 24.8 Å². The van der Waals surface area contributed by atoms with Gasteiger partial charge in [-0.25, -0.2) is 0 Å².